The maximum Gasteiger partial charge on any atom is 0.332 e. The molecule has 31 heavy (non-hydrogen) atoms. The fraction of sp³-hybridized carbons (Fsp3) is 0.500. The molecule has 2 aromatic rings. The molecule has 1 aromatic heterocycles. The van der Waals surface area contributed by atoms with Crippen molar-refractivity contribution in [3.63, 3.8) is 0 Å². The molecule has 1 atom stereocenters. The molecule has 9 heteroatoms. The number of nitrogens with one attached hydrogen (secondary N) is 2. The maximum absolute atomic E-state index is 13.2. The number of rotatable bonds is 8. The van der Waals surface area contributed by atoms with Crippen LogP contribution in [0.4, 0.5) is 10.6 Å². The fourth-order valence-corrected chi connectivity index (χ4v) is 3.67. The quantitative estimate of drug-likeness (QED) is 0.670. The van der Waals surface area contributed by atoms with Crippen LogP contribution in [0, 0.1) is 5.92 Å². The zero-order valence-corrected chi connectivity index (χ0v) is 18.7. The number of methoxy groups -OCH3 is 1. The van der Waals surface area contributed by atoms with Gasteiger partial charge in [-0.25, -0.2) is 9.59 Å². The van der Waals surface area contributed by atoms with Crippen molar-refractivity contribution in [3.8, 4) is 11.5 Å². The van der Waals surface area contributed by atoms with Gasteiger partial charge in [-0.05, 0) is 43.9 Å². The van der Waals surface area contributed by atoms with E-state index < -0.39 is 23.3 Å². The third-order valence-corrected chi connectivity index (χ3v) is 5.36. The Morgan fingerprint density at radius 3 is 2.39 bits per heavy atom. The lowest BCUT2D eigenvalue weighted by Gasteiger charge is -2.29. The van der Waals surface area contributed by atoms with Crippen LogP contribution in [0.3, 0.4) is 0 Å². The zero-order valence-electron chi connectivity index (χ0n) is 18.7. The van der Waals surface area contributed by atoms with E-state index in [9.17, 15) is 14.4 Å². The van der Waals surface area contributed by atoms with Gasteiger partial charge in [0.1, 0.15) is 5.82 Å². The lowest BCUT2D eigenvalue weighted by atomic mass is 9.98. The molecule has 0 fully saturated rings. The summed E-state index contributed by atoms with van der Waals surface area (Å²) in [6, 6.07) is 4.11. The molecule has 1 aliphatic heterocycles. The summed E-state index contributed by atoms with van der Waals surface area (Å²) in [7, 11) is 1.54. The number of hydrogen-bond acceptors (Lipinski definition) is 5. The first kappa shape index (κ1) is 22.5. The van der Waals surface area contributed by atoms with Gasteiger partial charge < -0.3 is 14.8 Å². The summed E-state index contributed by atoms with van der Waals surface area (Å²) in [6.45, 7) is 8.90. The molecule has 1 aliphatic rings. The Morgan fingerprint density at radius 2 is 1.77 bits per heavy atom. The minimum Gasteiger partial charge on any atom is -0.493 e. The van der Waals surface area contributed by atoms with Crippen LogP contribution < -0.4 is 31.4 Å². The van der Waals surface area contributed by atoms with E-state index in [1.54, 1.807) is 39.2 Å². The van der Waals surface area contributed by atoms with E-state index in [0.717, 1.165) is 6.42 Å². The first-order chi connectivity index (χ1) is 14.8. The Kier molecular flexibility index (Phi) is 6.72. The van der Waals surface area contributed by atoms with Gasteiger partial charge in [0.25, 0.3) is 5.56 Å². The van der Waals surface area contributed by atoms with E-state index in [-0.39, 0.29) is 12.4 Å². The number of aromatic nitrogens is 2. The van der Waals surface area contributed by atoms with Gasteiger partial charge in [0.2, 0.25) is 0 Å². The third kappa shape index (κ3) is 4.30. The topological polar surface area (TPSA) is 104 Å². The molecule has 0 aliphatic carbocycles. The molecule has 2 heterocycles. The van der Waals surface area contributed by atoms with Gasteiger partial charge in [-0.15, -0.1) is 0 Å². The van der Waals surface area contributed by atoms with Crippen LogP contribution in [0.1, 0.15) is 51.3 Å². The second-order valence-corrected chi connectivity index (χ2v) is 7.81. The number of ether oxygens (including phenoxy) is 2. The largest absolute Gasteiger partial charge is 0.493 e. The van der Waals surface area contributed by atoms with Gasteiger partial charge in [-0.2, -0.15) is 0 Å². The summed E-state index contributed by atoms with van der Waals surface area (Å²) >= 11 is 0. The molecule has 0 spiro atoms. The van der Waals surface area contributed by atoms with E-state index in [2.05, 4.69) is 24.5 Å². The second-order valence-electron chi connectivity index (χ2n) is 7.81. The second kappa shape index (κ2) is 9.28. The van der Waals surface area contributed by atoms with Crippen molar-refractivity contribution >= 4 is 11.8 Å². The van der Waals surface area contributed by atoms with Crippen molar-refractivity contribution < 1.29 is 14.3 Å². The molecule has 0 radical (unpaired) electrons. The van der Waals surface area contributed by atoms with Crippen LogP contribution >= 0.6 is 0 Å². The molecule has 0 saturated heterocycles. The van der Waals surface area contributed by atoms with E-state index in [0.29, 0.717) is 41.7 Å². The summed E-state index contributed by atoms with van der Waals surface area (Å²) in [4.78, 5) is 38.2. The Hall–Kier alpha value is -3.23. The van der Waals surface area contributed by atoms with E-state index >= 15 is 0 Å². The smallest absolute Gasteiger partial charge is 0.332 e. The highest BCUT2D eigenvalue weighted by atomic mass is 16.5. The van der Waals surface area contributed by atoms with Gasteiger partial charge in [0.05, 0.1) is 25.3 Å². The molecule has 2 amide bonds. The van der Waals surface area contributed by atoms with E-state index in [4.69, 9.17) is 9.47 Å². The van der Waals surface area contributed by atoms with Crippen molar-refractivity contribution in [2.75, 3.05) is 19.0 Å². The standard InChI is InChI=1S/C22H30N4O5/c1-6-25-19-17(20(27)26(7-2)22(25)29)18(23-21(28)24-19)14-8-9-15(16(12-14)30-5)31-11-10-13(3)4/h8-9,12-13,18H,6-7,10-11H2,1-5H3,(H2,23,24,28). The molecule has 168 valence electrons. The minimum atomic E-state index is -0.730. The first-order valence-electron chi connectivity index (χ1n) is 10.6. The van der Waals surface area contributed by atoms with Crippen molar-refractivity contribution in [2.24, 2.45) is 5.92 Å². The number of hydrogen-bond donors (Lipinski definition) is 2. The molecule has 2 N–H and O–H groups in total. The SMILES string of the molecule is CCn1c2c(c(=O)n(CC)c1=O)C(c1ccc(OCCC(C)C)c(OC)c1)NC(=O)N2. The van der Waals surface area contributed by atoms with Crippen LogP contribution in [0.15, 0.2) is 27.8 Å². The molecular formula is C22H30N4O5. The minimum absolute atomic E-state index is 0.229. The average molecular weight is 431 g/mol. The number of nitrogens with zero attached hydrogens (tertiary/aromatic N) is 2. The molecule has 0 saturated carbocycles. The molecule has 9 nitrogen and oxygen atoms in total. The molecular weight excluding hydrogens is 400 g/mol. The number of carbonyl (C=O) groups is 1. The fourth-order valence-electron chi connectivity index (χ4n) is 3.67. The monoisotopic (exact) mass is 430 g/mol. The number of anilines is 1. The summed E-state index contributed by atoms with van der Waals surface area (Å²) in [6.07, 6.45) is 0.910. The van der Waals surface area contributed by atoms with Gasteiger partial charge >= 0.3 is 11.7 Å². The lowest BCUT2D eigenvalue weighted by Crippen LogP contribution is -2.50. The number of benzene rings is 1. The Balaban J connectivity index is 2.10. The zero-order chi connectivity index (χ0) is 22.7. The van der Waals surface area contributed by atoms with Gasteiger partial charge in [-0.3, -0.25) is 19.2 Å². The normalized spacial score (nSPS) is 15.3. The van der Waals surface area contributed by atoms with E-state index in [1.165, 1.54) is 9.13 Å². The third-order valence-electron chi connectivity index (χ3n) is 5.36. The van der Waals surface area contributed by atoms with Crippen LogP contribution in [-0.2, 0) is 13.1 Å². The van der Waals surface area contributed by atoms with Crippen molar-refractivity contribution in [2.45, 2.75) is 53.2 Å². The number of urea groups is 1. The van der Waals surface area contributed by atoms with Gasteiger partial charge in [-0.1, -0.05) is 19.9 Å². The van der Waals surface area contributed by atoms with Gasteiger partial charge in [0, 0.05) is 13.1 Å². The lowest BCUT2D eigenvalue weighted by molar-refractivity contribution is 0.248. The Bertz CT molecular complexity index is 1090. The van der Waals surface area contributed by atoms with Crippen LogP contribution in [0.2, 0.25) is 0 Å². The number of amides is 2. The van der Waals surface area contributed by atoms with Crippen LogP contribution in [0.25, 0.3) is 0 Å². The molecule has 1 unspecified atom stereocenters. The van der Waals surface area contributed by atoms with Crippen LogP contribution in [0.5, 0.6) is 11.5 Å². The predicted molar refractivity (Wildman–Crippen MR) is 118 cm³/mol. The Labute approximate surface area is 181 Å². The van der Waals surface area contributed by atoms with Crippen molar-refractivity contribution in [1.29, 1.82) is 0 Å². The average Bonchev–Trinajstić information content (AvgIpc) is 2.73. The number of carbonyl (C=O) groups excluding carboxylic acids is 1. The molecule has 0 bridgehead atoms. The van der Waals surface area contributed by atoms with Crippen LogP contribution in [-0.4, -0.2) is 28.9 Å². The molecule has 1 aromatic carbocycles. The molecule has 3 rings (SSSR count). The summed E-state index contributed by atoms with van der Waals surface area (Å²) < 4.78 is 13.9. The van der Waals surface area contributed by atoms with Gasteiger partial charge in [0.15, 0.2) is 11.5 Å². The summed E-state index contributed by atoms with van der Waals surface area (Å²) in [5.41, 5.74) is 0.103. The highest BCUT2D eigenvalue weighted by Crippen LogP contribution is 2.35. The summed E-state index contributed by atoms with van der Waals surface area (Å²) in [5.74, 6) is 1.85. The Morgan fingerprint density at radius 1 is 1.06 bits per heavy atom. The maximum atomic E-state index is 13.2. The highest BCUT2D eigenvalue weighted by molar-refractivity contribution is 5.92. The number of fused-ring (bicyclic) bond motifs is 1. The van der Waals surface area contributed by atoms with Crippen molar-refractivity contribution in [1.82, 2.24) is 14.5 Å². The first-order valence-corrected chi connectivity index (χ1v) is 10.6. The van der Waals surface area contributed by atoms with Crippen molar-refractivity contribution in [3.05, 3.63) is 50.2 Å². The highest BCUT2D eigenvalue weighted by Gasteiger charge is 2.33. The van der Waals surface area contributed by atoms with E-state index in [1.807, 2.05) is 0 Å². The predicted octanol–water partition coefficient (Wildman–Crippen LogP) is 2.71. The summed E-state index contributed by atoms with van der Waals surface area (Å²) in [5, 5.41) is 5.44.